The fourth-order valence-corrected chi connectivity index (χ4v) is 3.35. The number of aliphatic hydroxyl groups excluding tert-OH is 1. The van der Waals surface area contributed by atoms with Crippen molar-refractivity contribution >= 4 is 27.4 Å². The Kier molecular flexibility index (Phi) is 4.76. The largest absolute Gasteiger partial charge is 0.395 e. The first-order chi connectivity index (χ1) is 10.3. The minimum Gasteiger partial charge on any atom is -0.395 e. The average molecular weight is 345 g/mol. The van der Waals surface area contributed by atoms with Crippen molar-refractivity contribution in [1.29, 1.82) is 0 Å². The van der Waals surface area contributed by atoms with Gasteiger partial charge in [0.1, 0.15) is 5.82 Å². The summed E-state index contributed by atoms with van der Waals surface area (Å²) >= 11 is 6.14. The lowest BCUT2D eigenvalue weighted by Gasteiger charge is -2.17. The highest BCUT2D eigenvalue weighted by molar-refractivity contribution is 7.89. The van der Waals surface area contributed by atoms with E-state index in [1.54, 1.807) is 13.0 Å². The minimum atomic E-state index is -3.72. The SMILES string of the molecule is Cc1cc(N)n(-c2cc(S(=O)(=O)N(C)CCO)ccc2Cl)n1. The summed E-state index contributed by atoms with van der Waals surface area (Å²) in [4.78, 5) is 0.0513. The molecular weight excluding hydrogens is 328 g/mol. The third-order valence-corrected chi connectivity index (χ3v) is 5.30. The molecular formula is C13H17ClN4O3S. The molecule has 2 aromatic rings. The number of nitrogens with zero attached hydrogens (tertiary/aromatic N) is 3. The number of likely N-dealkylation sites (N-methyl/N-ethyl adjacent to an activating group) is 1. The summed E-state index contributed by atoms with van der Waals surface area (Å²) in [6.45, 7) is 1.52. The van der Waals surface area contributed by atoms with Crippen LogP contribution in [0.15, 0.2) is 29.2 Å². The zero-order valence-electron chi connectivity index (χ0n) is 12.2. The molecule has 9 heteroatoms. The molecule has 0 atom stereocenters. The Morgan fingerprint density at radius 3 is 2.64 bits per heavy atom. The molecule has 0 aliphatic carbocycles. The Hall–Kier alpha value is -1.61. The number of aromatic nitrogens is 2. The lowest BCUT2D eigenvalue weighted by atomic mass is 10.3. The Morgan fingerprint density at radius 1 is 1.41 bits per heavy atom. The van der Waals surface area contributed by atoms with Crippen molar-refractivity contribution in [2.45, 2.75) is 11.8 Å². The van der Waals surface area contributed by atoms with Crippen molar-refractivity contribution in [3.05, 3.63) is 35.0 Å². The smallest absolute Gasteiger partial charge is 0.242 e. The van der Waals surface area contributed by atoms with Crippen molar-refractivity contribution in [1.82, 2.24) is 14.1 Å². The van der Waals surface area contributed by atoms with Crippen LogP contribution in [0, 0.1) is 6.92 Å². The molecule has 0 radical (unpaired) electrons. The molecule has 7 nitrogen and oxygen atoms in total. The van der Waals surface area contributed by atoms with Crippen LogP contribution >= 0.6 is 11.6 Å². The number of rotatable bonds is 5. The van der Waals surface area contributed by atoms with Crippen LogP contribution in [-0.2, 0) is 10.0 Å². The number of aryl methyl sites for hydroxylation is 1. The maximum atomic E-state index is 12.4. The molecule has 0 saturated carbocycles. The standard InChI is InChI=1S/C13H17ClN4O3S/c1-9-7-13(15)18(16-9)12-8-10(3-4-11(12)14)22(20,21)17(2)5-6-19/h3-4,7-8,19H,5-6,15H2,1-2H3. The molecule has 0 saturated heterocycles. The molecule has 0 fully saturated rings. The van der Waals surface area contributed by atoms with Gasteiger partial charge in [-0.05, 0) is 25.1 Å². The fourth-order valence-electron chi connectivity index (χ4n) is 1.97. The van der Waals surface area contributed by atoms with Gasteiger partial charge in [0.2, 0.25) is 10.0 Å². The fraction of sp³-hybridized carbons (Fsp3) is 0.308. The molecule has 0 amide bonds. The predicted molar refractivity (Wildman–Crippen MR) is 84.6 cm³/mol. The number of nitrogens with two attached hydrogens (primary N) is 1. The molecule has 0 spiro atoms. The van der Waals surface area contributed by atoms with E-state index in [9.17, 15) is 8.42 Å². The van der Waals surface area contributed by atoms with E-state index in [-0.39, 0.29) is 18.0 Å². The number of hydrogen-bond acceptors (Lipinski definition) is 5. The zero-order chi connectivity index (χ0) is 16.5. The highest BCUT2D eigenvalue weighted by Gasteiger charge is 2.22. The van der Waals surface area contributed by atoms with Crippen LogP contribution in [-0.4, -0.2) is 47.8 Å². The van der Waals surface area contributed by atoms with Gasteiger partial charge < -0.3 is 10.8 Å². The predicted octanol–water partition coefficient (Wildman–Crippen LogP) is 1.03. The summed E-state index contributed by atoms with van der Waals surface area (Å²) in [6.07, 6.45) is 0. The van der Waals surface area contributed by atoms with Gasteiger partial charge in [-0.15, -0.1) is 0 Å². The first-order valence-corrected chi connectivity index (χ1v) is 8.28. The highest BCUT2D eigenvalue weighted by Crippen LogP contribution is 2.27. The third-order valence-electron chi connectivity index (χ3n) is 3.13. The second-order valence-corrected chi connectivity index (χ2v) is 7.24. The molecule has 1 heterocycles. The number of sulfonamides is 1. The summed E-state index contributed by atoms with van der Waals surface area (Å²) in [7, 11) is -2.33. The molecule has 0 aliphatic heterocycles. The number of aliphatic hydroxyl groups is 1. The maximum absolute atomic E-state index is 12.4. The summed E-state index contributed by atoms with van der Waals surface area (Å²) in [5, 5.41) is 13.4. The van der Waals surface area contributed by atoms with Crippen molar-refractivity contribution in [2.24, 2.45) is 0 Å². The van der Waals surface area contributed by atoms with Crippen LogP contribution in [0.1, 0.15) is 5.69 Å². The monoisotopic (exact) mass is 344 g/mol. The van der Waals surface area contributed by atoms with Gasteiger partial charge >= 0.3 is 0 Å². The van der Waals surface area contributed by atoms with Crippen LogP contribution in [0.4, 0.5) is 5.82 Å². The van der Waals surface area contributed by atoms with Gasteiger partial charge in [-0.3, -0.25) is 0 Å². The van der Waals surface area contributed by atoms with E-state index < -0.39 is 10.0 Å². The average Bonchev–Trinajstić information content (AvgIpc) is 2.78. The van der Waals surface area contributed by atoms with Crippen molar-refractivity contribution < 1.29 is 13.5 Å². The lowest BCUT2D eigenvalue weighted by molar-refractivity contribution is 0.266. The van der Waals surface area contributed by atoms with Crippen molar-refractivity contribution in [3.63, 3.8) is 0 Å². The topological polar surface area (TPSA) is 101 Å². The maximum Gasteiger partial charge on any atom is 0.242 e. The number of anilines is 1. The summed E-state index contributed by atoms with van der Waals surface area (Å²) < 4.78 is 27.3. The van der Waals surface area contributed by atoms with E-state index in [1.165, 1.54) is 29.9 Å². The Bertz CT molecular complexity index is 789. The van der Waals surface area contributed by atoms with Gasteiger partial charge in [0.25, 0.3) is 0 Å². The summed E-state index contributed by atoms with van der Waals surface area (Å²) in [5.74, 6) is 0.359. The van der Waals surface area contributed by atoms with Gasteiger partial charge in [0.15, 0.2) is 0 Å². The highest BCUT2D eigenvalue weighted by atomic mass is 35.5. The molecule has 1 aromatic carbocycles. The van der Waals surface area contributed by atoms with E-state index in [0.717, 1.165) is 4.31 Å². The summed E-state index contributed by atoms with van der Waals surface area (Å²) in [5.41, 5.74) is 6.93. The van der Waals surface area contributed by atoms with Gasteiger partial charge in [-0.25, -0.2) is 13.1 Å². The van der Waals surface area contributed by atoms with Crippen LogP contribution in [0.5, 0.6) is 0 Å². The van der Waals surface area contributed by atoms with E-state index in [1.807, 2.05) is 0 Å². The number of hydrogen-bond donors (Lipinski definition) is 2. The molecule has 3 N–H and O–H groups in total. The van der Waals surface area contributed by atoms with Gasteiger partial charge in [-0.2, -0.15) is 9.40 Å². The molecule has 1 aromatic heterocycles. The first-order valence-electron chi connectivity index (χ1n) is 6.46. The molecule has 0 bridgehead atoms. The minimum absolute atomic E-state index is 0.00328. The molecule has 0 aliphatic rings. The van der Waals surface area contributed by atoms with E-state index in [2.05, 4.69) is 5.10 Å². The first kappa shape index (κ1) is 16.8. The van der Waals surface area contributed by atoms with Crippen molar-refractivity contribution in [2.75, 3.05) is 25.9 Å². The molecule has 2 rings (SSSR count). The van der Waals surface area contributed by atoms with Crippen LogP contribution in [0.3, 0.4) is 0 Å². The third kappa shape index (κ3) is 3.09. The van der Waals surface area contributed by atoms with Crippen molar-refractivity contribution in [3.8, 4) is 5.69 Å². The van der Waals surface area contributed by atoms with E-state index >= 15 is 0 Å². The van der Waals surface area contributed by atoms with Gasteiger partial charge in [0, 0.05) is 19.7 Å². The molecule has 0 unspecified atom stereocenters. The number of nitrogen functional groups attached to an aromatic ring is 1. The quantitative estimate of drug-likeness (QED) is 0.843. The number of benzene rings is 1. The van der Waals surface area contributed by atoms with Gasteiger partial charge in [-0.1, -0.05) is 11.6 Å². The Morgan fingerprint density at radius 2 is 2.09 bits per heavy atom. The summed E-state index contributed by atoms with van der Waals surface area (Å²) in [6, 6.07) is 5.96. The second-order valence-electron chi connectivity index (χ2n) is 4.79. The zero-order valence-corrected chi connectivity index (χ0v) is 13.8. The van der Waals surface area contributed by atoms with Crippen LogP contribution in [0.25, 0.3) is 5.69 Å². The van der Waals surface area contributed by atoms with Crippen LogP contribution in [0.2, 0.25) is 5.02 Å². The van der Waals surface area contributed by atoms with Crippen LogP contribution < -0.4 is 5.73 Å². The van der Waals surface area contributed by atoms with Gasteiger partial charge in [0.05, 0.1) is 27.9 Å². The Labute approximate surface area is 134 Å². The normalized spacial score (nSPS) is 12.0. The molecule has 120 valence electrons. The Balaban J connectivity index is 2.54. The lowest BCUT2D eigenvalue weighted by Crippen LogP contribution is -2.29. The van der Waals surface area contributed by atoms with E-state index in [0.29, 0.717) is 22.2 Å². The van der Waals surface area contributed by atoms with E-state index in [4.69, 9.17) is 22.4 Å². The second kappa shape index (κ2) is 6.25. The number of halogens is 1. The molecule has 22 heavy (non-hydrogen) atoms.